The molecule has 3 aromatic heterocycles. The van der Waals surface area contributed by atoms with E-state index < -0.39 is 0 Å². The molecule has 0 aliphatic carbocycles. The Hall–Kier alpha value is -2.60. The number of nitrogens with zero attached hydrogens (tertiary/aromatic N) is 2. The van der Waals surface area contributed by atoms with Gasteiger partial charge in [0.25, 0.3) is 5.91 Å². The predicted octanol–water partition coefficient (Wildman–Crippen LogP) is 3.39. The van der Waals surface area contributed by atoms with Crippen LogP contribution in [0.3, 0.4) is 0 Å². The van der Waals surface area contributed by atoms with Crippen molar-refractivity contribution in [2.24, 2.45) is 0 Å². The zero-order valence-corrected chi connectivity index (χ0v) is 13.3. The first-order valence-electron chi connectivity index (χ1n) is 7.04. The Morgan fingerprint density at radius 2 is 2.00 bits per heavy atom. The molecule has 0 unspecified atom stereocenters. The minimum absolute atomic E-state index is 0.156. The van der Waals surface area contributed by atoms with Crippen molar-refractivity contribution in [3.05, 3.63) is 66.2 Å². The molecule has 0 aromatic carbocycles. The van der Waals surface area contributed by atoms with Crippen LogP contribution >= 0.6 is 11.8 Å². The van der Waals surface area contributed by atoms with Crippen molar-refractivity contribution in [2.45, 2.75) is 11.6 Å². The third-order valence-electron chi connectivity index (χ3n) is 3.29. The fourth-order valence-corrected chi connectivity index (χ4v) is 2.76. The van der Waals surface area contributed by atoms with Crippen LogP contribution in [0.25, 0.3) is 11.5 Å². The second kappa shape index (κ2) is 7.11. The van der Waals surface area contributed by atoms with E-state index in [1.165, 1.54) is 11.8 Å². The largest absolute Gasteiger partial charge is 0.463 e. The highest BCUT2D eigenvalue weighted by atomic mass is 32.2. The lowest BCUT2D eigenvalue weighted by Crippen LogP contribution is -2.24. The first-order chi connectivity index (χ1) is 11.3. The zero-order valence-electron chi connectivity index (χ0n) is 12.5. The molecule has 1 N–H and O–H groups in total. The van der Waals surface area contributed by atoms with Crippen molar-refractivity contribution in [2.75, 3.05) is 6.26 Å². The molecule has 0 aliphatic heterocycles. The highest BCUT2D eigenvalue weighted by molar-refractivity contribution is 7.98. The minimum Gasteiger partial charge on any atom is -0.463 e. The van der Waals surface area contributed by atoms with Crippen molar-refractivity contribution in [3.8, 4) is 11.5 Å². The number of furan rings is 1. The molecule has 0 radical (unpaired) electrons. The number of hydrogen-bond acceptors (Lipinski definition) is 5. The number of carbonyl (C=O) groups is 1. The third-order valence-corrected chi connectivity index (χ3v) is 4.01. The molecule has 23 heavy (non-hydrogen) atoms. The summed E-state index contributed by atoms with van der Waals surface area (Å²) < 4.78 is 5.40. The number of amides is 1. The van der Waals surface area contributed by atoms with Crippen LogP contribution in [0, 0.1) is 0 Å². The van der Waals surface area contributed by atoms with Gasteiger partial charge < -0.3 is 9.73 Å². The van der Waals surface area contributed by atoms with Crippen LogP contribution in [0.5, 0.6) is 0 Å². The third kappa shape index (κ3) is 3.43. The van der Waals surface area contributed by atoms with Crippen LogP contribution in [0.15, 0.2) is 64.5 Å². The molecule has 6 heteroatoms. The van der Waals surface area contributed by atoms with Gasteiger partial charge in [0.1, 0.15) is 10.7 Å². The van der Waals surface area contributed by atoms with Crippen molar-refractivity contribution in [1.29, 1.82) is 0 Å². The fraction of sp³-hybridized carbons (Fsp3) is 0.118. The van der Waals surface area contributed by atoms with E-state index in [0.29, 0.717) is 22.9 Å². The first-order valence-corrected chi connectivity index (χ1v) is 8.27. The molecule has 0 atom stereocenters. The molecule has 3 rings (SSSR count). The molecule has 0 aliphatic rings. The van der Waals surface area contributed by atoms with Gasteiger partial charge in [-0.05, 0) is 36.6 Å². The SMILES string of the molecule is CSc1ncccc1C(=O)NCc1cccnc1-c1ccco1. The maximum absolute atomic E-state index is 12.4. The summed E-state index contributed by atoms with van der Waals surface area (Å²) >= 11 is 1.45. The average Bonchev–Trinajstić information content (AvgIpc) is 3.14. The summed E-state index contributed by atoms with van der Waals surface area (Å²) in [6, 6.07) is 10.9. The van der Waals surface area contributed by atoms with Crippen LogP contribution in [-0.4, -0.2) is 22.1 Å². The second-order valence-electron chi connectivity index (χ2n) is 4.73. The van der Waals surface area contributed by atoms with Crippen LogP contribution in [-0.2, 0) is 6.54 Å². The second-order valence-corrected chi connectivity index (χ2v) is 5.53. The Bertz CT molecular complexity index is 803. The Morgan fingerprint density at radius 3 is 2.78 bits per heavy atom. The van der Waals surface area contributed by atoms with E-state index in [0.717, 1.165) is 11.3 Å². The maximum atomic E-state index is 12.4. The lowest BCUT2D eigenvalue weighted by atomic mass is 10.1. The van der Waals surface area contributed by atoms with Gasteiger partial charge in [0.2, 0.25) is 0 Å². The molecule has 116 valence electrons. The number of rotatable bonds is 5. The molecule has 3 heterocycles. The van der Waals surface area contributed by atoms with Gasteiger partial charge in [-0.2, -0.15) is 0 Å². The number of thioether (sulfide) groups is 1. The summed E-state index contributed by atoms with van der Waals surface area (Å²) in [5.74, 6) is 0.526. The Morgan fingerprint density at radius 1 is 1.17 bits per heavy atom. The monoisotopic (exact) mass is 325 g/mol. The van der Waals surface area contributed by atoms with Gasteiger partial charge in [-0.3, -0.25) is 9.78 Å². The molecule has 0 saturated carbocycles. The van der Waals surface area contributed by atoms with E-state index in [2.05, 4.69) is 15.3 Å². The fourth-order valence-electron chi connectivity index (χ4n) is 2.21. The average molecular weight is 325 g/mol. The molecule has 5 nitrogen and oxygen atoms in total. The molecular weight excluding hydrogens is 310 g/mol. The number of hydrogen-bond donors (Lipinski definition) is 1. The van der Waals surface area contributed by atoms with E-state index >= 15 is 0 Å². The lowest BCUT2D eigenvalue weighted by Gasteiger charge is -2.10. The Labute approximate surface area is 138 Å². The number of nitrogens with one attached hydrogen (secondary N) is 1. The van der Waals surface area contributed by atoms with Crippen molar-refractivity contribution in [3.63, 3.8) is 0 Å². The summed E-state index contributed by atoms with van der Waals surface area (Å²) in [7, 11) is 0. The van der Waals surface area contributed by atoms with Gasteiger partial charge in [-0.1, -0.05) is 6.07 Å². The zero-order chi connectivity index (χ0) is 16.1. The van der Waals surface area contributed by atoms with E-state index in [9.17, 15) is 4.79 Å². The van der Waals surface area contributed by atoms with Gasteiger partial charge in [0.05, 0.1) is 11.8 Å². The van der Waals surface area contributed by atoms with Gasteiger partial charge >= 0.3 is 0 Å². The lowest BCUT2D eigenvalue weighted by molar-refractivity contribution is 0.0947. The minimum atomic E-state index is -0.156. The summed E-state index contributed by atoms with van der Waals surface area (Å²) in [5, 5.41) is 3.63. The molecule has 0 fully saturated rings. The van der Waals surface area contributed by atoms with E-state index in [4.69, 9.17) is 4.42 Å². The van der Waals surface area contributed by atoms with Crippen LogP contribution in [0.2, 0.25) is 0 Å². The molecule has 0 spiro atoms. The maximum Gasteiger partial charge on any atom is 0.254 e. The highest BCUT2D eigenvalue weighted by Gasteiger charge is 2.13. The molecular formula is C17H15N3O2S. The molecule has 0 saturated heterocycles. The van der Waals surface area contributed by atoms with Crippen molar-refractivity contribution >= 4 is 17.7 Å². The summed E-state index contributed by atoms with van der Waals surface area (Å²) in [6.45, 7) is 0.366. The van der Waals surface area contributed by atoms with Gasteiger partial charge in [0, 0.05) is 24.5 Å². The Balaban J connectivity index is 1.78. The van der Waals surface area contributed by atoms with Gasteiger partial charge in [0.15, 0.2) is 5.76 Å². The molecule has 3 aromatic rings. The number of aromatic nitrogens is 2. The smallest absolute Gasteiger partial charge is 0.254 e. The molecule has 1 amide bonds. The number of pyridine rings is 2. The summed E-state index contributed by atoms with van der Waals surface area (Å²) in [5.41, 5.74) is 2.20. The van der Waals surface area contributed by atoms with Crippen LogP contribution in [0.1, 0.15) is 15.9 Å². The predicted molar refractivity (Wildman–Crippen MR) is 89.1 cm³/mol. The first kappa shape index (κ1) is 15.3. The summed E-state index contributed by atoms with van der Waals surface area (Å²) in [6.07, 6.45) is 6.89. The molecule has 0 bridgehead atoms. The highest BCUT2D eigenvalue weighted by Crippen LogP contribution is 2.22. The topological polar surface area (TPSA) is 68.0 Å². The quantitative estimate of drug-likeness (QED) is 0.728. The normalized spacial score (nSPS) is 10.5. The summed E-state index contributed by atoms with van der Waals surface area (Å²) in [4.78, 5) is 20.9. The van der Waals surface area contributed by atoms with Crippen molar-refractivity contribution in [1.82, 2.24) is 15.3 Å². The van der Waals surface area contributed by atoms with Gasteiger partial charge in [-0.25, -0.2) is 4.98 Å². The number of carbonyl (C=O) groups excluding carboxylic acids is 1. The van der Waals surface area contributed by atoms with Crippen LogP contribution in [0.4, 0.5) is 0 Å². The van der Waals surface area contributed by atoms with E-state index in [-0.39, 0.29) is 5.91 Å². The Kier molecular flexibility index (Phi) is 4.73. The van der Waals surface area contributed by atoms with Gasteiger partial charge in [-0.15, -0.1) is 11.8 Å². The van der Waals surface area contributed by atoms with Crippen LogP contribution < -0.4 is 5.32 Å². The standard InChI is InChI=1S/C17H15N3O2S/c1-23-17-13(6-3-9-19-17)16(21)20-11-12-5-2-8-18-15(12)14-7-4-10-22-14/h2-10H,11H2,1H3,(H,20,21). The van der Waals surface area contributed by atoms with Crippen molar-refractivity contribution < 1.29 is 9.21 Å². The van der Waals surface area contributed by atoms with E-state index in [1.54, 1.807) is 30.8 Å². The van der Waals surface area contributed by atoms with E-state index in [1.807, 2.05) is 30.5 Å².